The molecule has 1 aromatic carbocycles. The fourth-order valence-corrected chi connectivity index (χ4v) is 1.14. The summed E-state index contributed by atoms with van der Waals surface area (Å²) >= 11 is -0.330. The molecule has 0 saturated carbocycles. The van der Waals surface area contributed by atoms with Crippen molar-refractivity contribution < 1.29 is 37.3 Å². The van der Waals surface area contributed by atoms with E-state index < -0.39 is 33.9 Å². The van der Waals surface area contributed by atoms with Gasteiger partial charge in [-0.15, -0.1) is 4.33 Å². The molecule has 0 amide bonds. The van der Waals surface area contributed by atoms with Crippen LogP contribution in [0.15, 0.2) is 4.90 Å². The highest BCUT2D eigenvalue weighted by Crippen LogP contribution is 2.33. The minimum Gasteiger partial charge on any atom is -0.868 e. The van der Waals surface area contributed by atoms with Gasteiger partial charge in [-0.25, -0.2) is 22.8 Å². The number of hydrogen-bond acceptors (Lipinski definition) is 5. The second-order valence-corrected chi connectivity index (χ2v) is 2.85. The van der Waals surface area contributed by atoms with Crippen molar-refractivity contribution in [2.45, 2.75) is 4.90 Å². The molecule has 0 aromatic heterocycles. The molecule has 0 fully saturated rings. The Labute approximate surface area is 84.1 Å². The maximum Gasteiger partial charge on any atom is 0.177 e. The van der Waals surface area contributed by atoms with Crippen molar-refractivity contribution in [1.29, 1.82) is 0 Å². The molecule has 0 atom stereocenters. The highest BCUT2D eigenvalue weighted by molar-refractivity contribution is 7.94. The van der Waals surface area contributed by atoms with Gasteiger partial charge in [-0.05, 0) is 5.75 Å². The molecule has 0 radical (unpaired) electrons. The number of rotatable bonds is 3. The average Bonchev–Trinajstić information content (AvgIpc) is 2.24. The van der Waals surface area contributed by atoms with Gasteiger partial charge in [0.25, 0.3) is 0 Å². The molecule has 0 aliphatic carbocycles. The molecule has 0 spiro atoms. The average molecular weight is 245 g/mol. The van der Waals surface area contributed by atoms with E-state index in [1.165, 1.54) is 0 Å². The van der Waals surface area contributed by atoms with Crippen LogP contribution >= 0.6 is 12.0 Å². The topological polar surface area (TPSA) is 61.8 Å². The number of hydrogen-bond donors (Lipinski definition) is 1. The summed E-state index contributed by atoms with van der Waals surface area (Å²) in [5.74, 6) is -10.1. The normalized spacial score (nSPS) is 10.7. The fraction of sp³-hybridized carbons (Fsp3) is 0. The molecule has 0 heterocycles. The summed E-state index contributed by atoms with van der Waals surface area (Å²) in [6.45, 7) is 0. The molecule has 1 aromatic rings. The minimum atomic E-state index is -2.09. The maximum atomic E-state index is 12.8. The highest BCUT2D eigenvalue weighted by atomic mass is 32.2. The Bertz CT molecular complexity index is 357. The third kappa shape index (κ3) is 2.15. The molecular weight excluding hydrogens is 244 g/mol. The largest absolute Gasteiger partial charge is 0.868 e. The predicted molar refractivity (Wildman–Crippen MR) is 36.4 cm³/mol. The van der Waals surface area contributed by atoms with E-state index in [-0.39, 0.29) is 12.0 Å². The van der Waals surface area contributed by atoms with Crippen LogP contribution in [0, 0.1) is 23.3 Å². The van der Waals surface area contributed by atoms with E-state index in [1.807, 2.05) is 0 Å². The van der Waals surface area contributed by atoms with Gasteiger partial charge in [0, 0.05) is 0 Å². The lowest BCUT2D eigenvalue weighted by molar-refractivity contribution is -0.432. The fourth-order valence-electron chi connectivity index (χ4n) is 0.714. The maximum absolute atomic E-state index is 12.8. The van der Waals surface area contributed by atoms with Gasteiger partial charge in [-0.1, -0.05) is 5.04 Å². The summed E-state index contributed by atoms with van der Waals surface area (Å²) in [4.78, 5) is -1.28. The van der Waals surface area contributed by atoms with E-state index in [0.717, 1.165) is 0 Å². The summed E-state index contributed by atoms with van der Waals surface area (Å²) in [6, 6.07) is 0. The van der Waals surface area contributed by atoms with E-state index in [9.17, 15) is 22.7 Å². The van der Waals surface area contributed by atoms with Crippen LogP contribution in [0.4, 0.5) is 17.6 Å². The van der Waals surface area contributed by atoms with E-state index in [2.05, 4.69) is 9.37 Å². The van der Waals surface area contributed by atoms with Crippen molar-refractivity contribution in [3.05, 3.63) is 23.3 Å². The molecule has 0 unspecified atom stereocenters. The van der Waals surface area contributed by atoms with Gasteiger partial charge in [-0.3, -0.25) is 0 Å². The summed E-state index contributed by atoms with van der Waals surface area (Å²) in [6.07, 6.45) is 0. The second-order valence-electron chi connectivity index (χ2n) is 2.14. The van der Waals surface area contributed by atoms with Crippen molar-refractivity contribution in [2.24, 2.45) is 0 Å². The van der Waals surface area contributed by atoms with Gasteiger partial charge in [0.2, 0.25) is 0 Å². The quantitative estimate of drug-likeness (QED) is 0.289. The van der Waals surface area contributed by atoms with Crippen molar-refractivity contribution in [1.82, 2.24) is 0 Å². The summed E-state index contributed by atoms with van der Waals surface area (Å²) in [5.41, 5.74) is 0. The number of halogens is 4. The van der Waals surface area contributed by atoms with E-state index >= 15 is 0 Å². The van der Waals surface area contributed by atoms with Crippen LogP contribution in [0.1, 0.15) is 0 Å². The van der Waals surface area contributed by atoms with Crippen LogP contribution in [0.2, 0.25) is 0 Å². The lowest BCUT2D eigenvalue weighted by atomic mass is 10.3. The predicted octanol–water partition coefficient (Wildman–Crippen LogP) is 1.74. The second kappa shape index (κ2) is 4.66. The van der Waals surface area contributed by atoms with Crippen LogP contribution in [0.25, 0.3) is 0 Å². The summed E-state index contributed by atoms with van der Waals surface area (Å²) in [5, 5.41) is 21.1. The van der Waals surface area contributed by atoms with Crippen molar-refractivity contribution in [3.8, 4) is 5.75 Å². The zero-order valence-corrected chi connectivity index (χ0v) is 7.41. The molecule has 9 heteroatoms. The third-order valence-corrected chi connectivity index (χ3v) is 1.98. The van der Waals surface area contributed by atoms with Gasteiger partial charge in [0.1, 0.15) is 4.90 Å². The van der Waals surface area contributed by atoms with Crippen LogP contribution in [0.5, 0.6) is 5.75 Å². The van der Waals surface area contributed by atoms with E-state index in [0.29, 0.717) is 0 Å². The third-order valence-electron chi connectivity index (χ3n) is 1.33. The van der Waals surface area contributed by atoms with Gasteiger partial charge in [0.15, 0.2) is 23.3 Å². The Hall–Kier alpha value is -1.03. The van der Waals surface area contributed by atoms with Crippen molar-refractivity contribution in [2.75, 3.05) is 0 Å². The molecule has 0 bridgehead atoms. The van der Waals surface area contributed by atoms with Gasteiger partial charge in [0.05, 0.1) is 12.0 Å². The zero-order valence-electron chi connectivity index (χ0n) is 6.59. The van der Waals surface area contributed by atoms with E-state index in [4.69, 9.17) is 5.26 Å². The molecule has 4 nitrogen and oxygen atoms in total. The first-order valence-corrected chi connectivity index (χ1v) is 3.92. The van der Waals surface area contributed by atoms with Crippen LogP contribution in [-0.4, -0.2) is 5.26 Å². The molecule has 1 N–H and O–H groups in total. The molecule has 84 valence electrons. The SMILES string of the molecule is [O-]c1c(F)c(F)c(SOOO)c(F)c1F. The Balaban J connectivity index is 3.26. The lowest BCUT2D eigenvalue weighted by Gasteiger charge is -2.12. The lowest BCUT2D eigenvalue weighted by Crippen LogP contribution is -2.06. The monoisotopic (exact) mass is 245 g/mol. The van der Waals surface area contributed by atoms with E-state index in [1.54, 1.807) is 0 Å². The Morgan fingerprint density at radius 3 is 1.87 bits per heavy atom. The molecule has 0 aliphatic rings. The highest BCUT2D eigenvalue weighted by Gasteiger charge is 2.22. The summed E-state index contributed by atoms with van der Waals surface area (Å²) < 4.78 is 54.4. The molecule has 0 aliphatic heterocycles. The van der Waals surface area contributed by atoms with Gasteiger partial charge < -0.3 is 5.11 Å². The first-order chi connectivity index (χ1) is 7.00. The van der Waals surface area contributed by atoms with Crippen molar-refractivity contribution in [3.63, 3.8) is 0 Å². The number of benzene rings is 1. The zero-order chi connectivity index (χ0) is 11.6. The van der Waals surface area contributed by atoms with Gasteiger partial charge in [-0.2, -0.15) is 0 Å². The van der Waals surface area contributed by atoms with Crippen LogP contribution in [-0.2, 0) is 9.37 Å². The minimum absolute atomic E-state index is 0.330. The van der Waals surface area contributed by atoms with Gasteiger partial charge >= 0.3 is 0 Å². The smallest absolute Gasteiger partial charge is 0.177 e. The Kier molecular flexibility index (Phi) is 3.74. The molecule has 1 rings (SSSR count). The first-order valence-electron chi connectivity index (χ1n) is 3.18. The molecular formula is C6HF4O4S-. The van der Waals surface area contributed by atoms with Crippen LogP contribution < -0.4 is 5.11 Å². The standard InChI is InChI=1S/C6H2F4O4S/c7-1-3(9)6(15-14-13-12)4(10)2(8)5(1)11/h11-12H/p-1. The first kappa shape index (κ1) is 12.0. The molecule has 0 saturated heterocycles. The Morgan fingerprint density at radius 1 is 1.00 bits per heavy atom. The molecule has 15 heavy (non-hydrogen) atoms. The van der Waals surface area contributed by atoms with Crippen molar-refractivity contribution >= 4 is 12.0 Å². The summed E-state index contributed by atoms with van der Waals surface area (Å²) in [7, 11) is 0. The van der Waals surface area contributed by atoms with Crippen LogP contribution in [0.3, 0.4) is 0 Å². The Morgan fingerprint density at radius 2 is 1.47 bits per heavy atom.